The van der Waals surface area contributed by atoms with Crippen molar-refractivity contribution in [2.45, 2.75) is 38.3 Å². The Bertz CT molecular complexity index is 353. The molecule has 0 aliphatic rings. The molecule has 0 unspecified atom stereocenters. The molecule has 0 saturated heterocycles. The Balaban J connectivity index is 2.64. The normalized spacial score (nSPS) is 10.6. The Hall–Kier alpha value is -1.08. The van der Waals surface area contributed by atoms with Crippen molar-refractivity contribution < 1.29 is 9.47 Å². The van der Waals surface area contributed by atoms with E-state index in [4.69, 9.17) is 9.47 Å². The average molecular weight is 300 g/mol. The van der Waals surface area contributed by atoms with Gasteiger partial charge in [0.05, 0.1) is 6.61 Å². The molecule has 0 saturated carbocycles. The van der Waals surface area contributed by atoms with Crippen molar-refractivity contribution in [3.63, 3.8) is 0 Å². The van der Waals surface area contributed by atoms with E-state index in [0.29, 0.717) is 23.7 Å². The first-order valence-electron chi connectivity index (χ1n) is 7.04. The topological polar surface area (TPSA) is 69.2 Å². The number of aromatic nitrogens is 3. The number of thioether (sulfide) groups is 1. The van der Waals surface area contributed by atoms with Gasteiger partial charge in [-0.25, -0.2) is 0 Å². The predicted octanol–water partition coefficient (Wildman–Crippen LogP) is 2.61. The van der Waals surface area contributed by atoms with Crippen LogP contribution in [0.5, 0.6) is 6.01 Å². The lowest BCUT2D eigenvalue weighted by molar-refractivity contribution is 0.200. The molecule has 20 heavy (non-hydrogen) atoms. The summed E-state index contributed by atoms with van der Waals surface area (Å²) in [6, 6.07) is 0.398. The predicted molar refractivity (Wildman–Crippen MR) is 81.6 cm³/mol. The molecular weight excluding hydrogens is 276 g/mol. The van der Waals surface area contributed by atoms with Crippen LogP contribution in [0, 0.1) is 0 Å². The van der Waals surface area contributed by atoms with Gasteiger partial charge in [0.15, 0.2) is 5.16 Å². The van der Waals surface area contributed by atoms with E-state index in [1.54, 1.807) is 18.9 Å². The van der Waals surface area contributed by atoms with Gasteiger partial charge < -0.3 is 14.8 Å². The van der Waals surface area contributed by atoms with E-state index in [1.165, 1.54) is 0 Å². The summed E-state index contributed by atoms with van der Waals surface area (Å²) in [6.07, 6.45) is 2.92. The van der Waals surface area contributed by atoms with Gasteiger partial charge in [-0.3, -0.25) is 0 Å². The van der Waals surface area contributed by atoms with E-state index < -0.39 is 0 Å². The van der Waals surface area contributed by atoms with Crippen LogP contribution in [0.25, 0.3) is 0 Å². The van der Waals surface area contributed by atoms with Crippen LogP contribution in [0.2, 0.25) is 0 Å². The van der Waals surface area contributed by atoms with E-state index in [-0.39, 0.29) is 0 Å². The van der Waals surface area contributed by atoms with Crippen molar-refractivity contribution in [1.82, 2.24) is 15.0 Å². The van der Waals surface area contributed by atoms with Crippen LogP contribution in [-0.4, -0.2) is 47.6 Å². The summed E-state index contributed by atoms with van der Waals surface area (Å²) >= 11 is 1.59. The first-order chi connectivity index (χ1) is 9.80. The number of ether oxygens (including phenoxy) is 2. The number of hydrogen-bond acceptors (Lipinski definition) is 7. The Labute approximate surface area is 125 Å². The maximum absolute atomic E-state index is 5.50. The van der Waals surface area contributed by atoms with E-state index in [0.717, 1.165) is 38.2 Å². The highest BCUT2D eigenvalue weighted by Gasteiger charge is 2.07. The summed E-state index contributed by atoms with van der Waals surface area (Å²) in [7, 11) is 1.71. The van der Waals surface area contributed by atoms with Crippen molar-refractivity contribution in [2.75, 3.05) is 37.9 Å². The van der Waals surface area contributed by atoms with Crippen LogP contribution in [-0.2, 0) is 4.74 Å². The van der Waals surface area contributed by atoms with Crippen LogP contribution >= 0.6 is 11.8 Å². The second kappa shape index (κ2) is 10.7. The Morgan fingerprint density at radius 1 is 1.10 bits per heavy atom. The summed E-state index contributed by atoms with van der Waals surface area (Å²) in [5, 5.41) is 3.87. The minimum Gasteiger partial charge on any atom is -0.463 e. The van der Waals surface area contributed by atoms with Gasteiger partial charge in [-0.15, -0.1) is 0 Å². The Morgan fingerprint density at radius 2 is 1.95 bits per heavy atom. The zero-order valence-electron chi connectivity index (χ0n) is 12.5. The van der Waals surface area contributed by atoms with Gasteiger partial charge in [0.25, 0.3) is 0 Å². The molecule has 1 N–H and O–H groups in total. The minimum atomic E-state index is 0.398. The quantitative estimate of drug-likeness (QED) is 0.497. The van der Waals surface area contributed by atoms with Gasteiger partial charge in [-0.2, -0.15) is 15.0 Å². The molecule has 0 atom stereocenters. The van der Waals surface area contributed by atoms with Gasteiger partial charge in [-0.05, 0) is 19.3 Å². The largest absolute Gasteiger partial charge is 0.463 e. The highest BCUT2D eigenvalue weighted by atomic mass is 32.2. The van der Waals surface area contributed by atoms with Crippen molar-refractivity contribution in [2.24, 2.45) is 0 Å². The summed E-state index contributed by atoms with van der Waals surface area (Å²) < 4.78 is 10.5. The van der Waals surface area contributed by atoms with Crippen LogP contribution in [0.15, 0.2) is 5.16 Å². The number of methoxy groups -OCH3 is 1. The molecule has 6 nitrogen and oxygen atoms in total. The highest BCUT2D eigenvalue weighted by molar-refractivity contribution is 7.99. The van der Waals surface area contributed by atoms with Gasteiger partial charge in [0.1, 0.15) is 0 Å². The summed E-state index contributed by atoms with van der Waals surface area (Å²) in [6.45, 7) is 6.36. The molecule has 0 amide bonds. The molecule has 0 aromatic carbocycles. The lowest BCUT2D eigenvalue weighted by Gasteiger charge is -2.08. The summed E-state index contributed by atoms with van der Waals surface area (Å²) in [5.74, 6) is 1.50. The number of nitrogens with one attached hydrogen (secondary N) is 1. The zero-order valence-corrected chi connectivity index (χ0v) is 13.3. The second-order valence-electron chi connectivity index (χ2n) is 4.19. The molecule has 0 radical (unpaired) electrons. The first-order valence-corrected chi connectivity index (χ1v) is 8.03. The van der Waals surface area contributed by atoms with Gasteiger partial charge in [-0.1, -0.05) is 25.6 Å². The molecule has 1 aromatic rings. The molecule has 7 heteroatoms. The molecule has 0 fully saturated rings. The average Bonchev–Trinajstić information content (AvgIpc) is 2.47. The molecule has 0 bridgehead atoms. The molecule has 0 spiro atoms. The van der Waals surface area contributed by atoms with Crippen LogP contribution in [0.3, 0.4) is 0 Å². The van der Waals surface area contributed by atoms with Gasteiger partial charge in [0.2, 0.25) is 5.95 Å². The van der Waals surface area contributed by atoms with Gasteiger partial charge in [0, 0.05) is 26.0 Å². The molecule has 0 aliphatic carbocycles. The van der Waals surface area contributed by atoms with Crippen molar-refractivity contribution in [3.8, 4) is 6.01 Å². The fourth-order valence-electron chi connectivity index (χ4n) is 1.34. The third kappa shape index (κ3) is 6.91. The molecular formula is C13H24N4O2S. The lowest BCUT2D eigenvalue weighted by atomic mass is 10.5. The van der Waals surface area contributed by atoms with Crippen molar-refractivity contribution >= 4 is 17.7 Å². The van der Waals surface area contributed by atoms with Crippen molar-refractivity contribution in [1.29, 1.82) is 0 Å². The third-order valence-corrected chi connectivity index (χ3v) is 3.22. The molecule has 1 aromatic heterocycles. The fourth-order valence-corrected chi connectivity index (χ4v) is 2.08. The van der Waals surface area contributed by atoms with Crippen LogP contribution in [0.4, 0.5) is 5.95 Å². The Kier molecular flexibility index (Phi) is 9.06. The number of rotatable bonds is 11. The molecule has 1 heterocycles. The van der Waals surface area contributed by atoms with E-state index >= 15 is 0 Å². The minimum absolute atomic E-state index is 0.398. The molecule has 0 aliphatic heterocycles. The smallest absolute Gasteiger partial charge is 0.322 e. The van der Waals surface area contributed by atoms with E-state index in [1.807, 2.05) is 0 Å². The van der Waals surface area contributed by atoms with Crippen molar-refractivity contribution in [3.05, 3.63) is 0 Å². The molecule has 1 rings (SSSR count). The zero-order chi connectivity index (χ0) is 14.6. The summed E-state index contributed by atoms with van der Waals surface area (Å²) in [4.78, 5) is 13.0. The first kappa shape index (κ1) is 17.0. The SMILES string of the molecule is CCCNc1nc(OCCC)nc(SCCCOC)n1. The third-order valence-electron chi connectivity index (χ3n) is 2.29. The van der Waals surface area contributed by atoms with E-state index in [9.17, 15) is 0 Å². The van der Waals surface area contributed by atoms with E-state index in [2.05, 4.69) is 34.1 Å². The number of nitrogens with zero attached hydrogens (tertiary/aromatic N) is 3. The Morgan fingerprint density at radius 3 is 2.65 bits per heavy atom. The lowest BCUT2D eigenvalue weighted by Crippen LogP contribution is -2.09. The second-order valence-corrected chi connectivity index (χ2v) is 5.26. The standard InChI is InChI=1S/C13H24N4O2S/c1-4-7-14-11-15-12(19-8-5-2)17-13(16-11)20-10-6-9-18-3/h4-10H2,1-3H3,(H,14,15,16,17). The fraction of sp³-hybridized carbons (Fsp3) is 0.769. The summed E-state index contributed by atoms with van der Waals surface area (Å²) in [5.41, 5.74) is 0. The monoisotopic (exact) mass is 300 g/mol. The maximum Gasteiger partial charge on any atom is 0.322 e. The highest BCUT2D eigenvalue weighted by Crippen LogP contribution is 2.18. The van der Waals surface area contributed by atoms with Gasteiger partial charge >= 0.3 is 6.01 Å². The van der Waals surface area contributed by atoms with Crippen LogP contribution in [0.1, 0.15) is 33.1 Å². The number of anilines is 1. The maximum atomic E-state index is 5.50. The molecule has 114 valence electrons. The van der Waals surface area contributed by atoms with Crippen LogP contribution < -0.4 is 10.1 Å². The number of hydrogen-bond donors (Lipinski definition) is 1.